The van der Waals surface area contributed by atoms with E-state index >= 15 is 0 Å². The van der Waals surface area contributed by atoms with Gasteiger partial charge in [-0.15, -0.1) is 0 Å². The maximum atomic E-state index is 2.49. The first-order valence-corrected chi connectivity index (χ1v) is 19.9. The van der Waals surface area contributed by atoms with Crippen LogP contribution in [-0.2, 0) is 12.8 Å². The lowest BCUT2D eigenvalue weighted by molar-refractivity contribution is 1.22. The highest BCUT2D eigenvalue weighted by atomic mass is 14.5. The van der Waals surface area contributed by atoms with Crippen LogP contribution < -0.4 is 0 Å². The summed E-state index contributed by atoms with van der Waals surface area (Å²) in [6.07, 6.45) is 6.78. The third-order valence-electron chi connectivity index (χ3n) is 12.4. The molecule has 11 rings (SSSR count). The van der Waals surface area contributed by atoms with E-state index in [2.05, 4.69) is 196 Å². The number of allylic oxidation sites excluding steroid dienone is 8. The van der Waals surface area contributed by atoms with Crippen LogP contribution in [0.2, 0.25) is 0 Å². The van der Waals surface area contributed by atoms with Gasteiger partial charge in [0.15, 0.2) is 0 Å². The molecule has 4 aliphatic carbocycles. The highest BCUT2D eigenvalue weighted by Gasteiger charge is 2.44. The Balaban J connectivity index is 1.34. The summed E-state index contributed by atoms with van der Waals surface area (Å²) in [5.41, 5.74) is 29.6. The van der Waals surface area contributed by atoms with Crippen molar-refractivity contribution in [1.29, 1.82) is 0 Å². The van der Waals surface area contributed by atoms with Crippen molar-refractivity contribution in [3.8, 4) is 22.3 Å². The van der Waals surface area contributed by atoms with E-state index in [1.54, 1.807) is 0 Å². The van der Waals surface area contributed by atoms with Crippen LogP contribution in [0.15, 0.2) is 192 Å². The molecule has 0 amide bonds. The zero-order valence-corrected chi connectivity index (χ0v) is 31.7. The second kappa shape index (κ2) is 12.9. The quantitative estimate of drug-likeness (QED) is 0.161. The first kappa shape index (κ1) is 32.7. The van der Waals surface area contributed by atoms with Crippen molar-refractivity contribution in [2.45, 2.75) is 26.7 Å². The molecule has 0 nitrogen and oxygen atoms in total. The van der Waals surface area contributed by atoms with E-state index in [0.29, 0.717) is 0 Å². The first-order valence-electron chi connectivity index (χ1n) is 19.9. The number of rotatable bonds is 6. The number of fused-ring (bicyclic) bond motifs is 5. The molecule has 0 saturated heterocycles. The Morgan fingerprint density at radius 2 is 0.643 bits per heavy atom. The maximum absolute atomic E-state index is 2.49. The molecule has 7 aromatic carbocycles. The Kier molecular flexibility index (Phi) is 7.54. The monoisotopic (exact) mass is 712 g/mol. The average molecular weight is 713 g/mol. The highest BCUT2D eigenvalue weighted by molar-refractivity contribution is 6.31. The van der Waals surface area contributed by atoms with E-state index in [1.807, 2.05) is 0 Å². The topological polar surface area (TPSA) is 0 Å². The van der Waals surface area contributed by atoms with Gasteiger partial charge in [0.05, 0.1) is 0 Å². The number of hydrogen-bond acceptors (Lipinski definition) is 0. The fraction of sp³-hybridized carbons (Fsp3) is 0.0714. The molecule has 0 heteroatoms. The van der Waals surface area contributed by atoms with Crippen molar-refractivity contribution in [1.82, 2.24) is 0 Å². The van der Waals surface area contributed by atoms with Gasteiger partial charge < -0.3 is 0 Å². The van der Waals surface area contributed by atoms with Crippen LogP contribution in [0.4, 0.5) is 0 Å². The van der Waals surface area contributed by atoms with Gasteiger partial charge in [-0.05, 0) is 149 Å². The van der Waals surface area contributed by atoms with Gasteiger partial charge in [-0.3, -0.25) is 0 Å². The van der Waals surface area contributed by atoms with Crippen LogP contribution in [0.1, 0.15) is 55.6 Å². The van der Waals surface area contributed by atoms with Crippen LogP contribution in [0.3, 0.4) is 0 Å². The van der Waals surface area contributed by atoms with Gasteiger partial charge in [0.25, 0.3) is 0 Å². The molecule has 0 heterocycles. The van der Waals surface area contributed by atoms with Crippen LogP contribution in [-0.4, -0.2) is 0 Å². The van der Waals surface area contributed by atoms with Crippen molar-refractivity contribution in [2.75, 3.05) is 0 Å². The summed E-state index contributed by atoms with van der Waals surface area (Å²) in [7, 11) is 0. The Morgan fingerprint density at radius 1 is 0.286 bits per heavy atom. The first-order chi connectivity index (χ1) is 27.7. The summed E-state index contributed by atoms with van der Waals surface area (Å²) in [4.78, 5) is 0. The van der Waals surface area contributed by atoms with Crippen LogP contribution >= 0.6 is 0 Å². The van der Waals surface area contributed by atoms with E-state index in [-0.39, 0.29) is 0 Å². The van der Waals surface area contributed by atoms with Gasteiger partial charge in [0.2, 0.25) is 0 Å². The van der Waals surface area contributed by atoms with Gasteiger partial charge >= 0.3 is 0 Å². The molecular formula is C56H40. The Hall–Kier alpha value is -6.76. The second-order valence-electron chi connectivity index (χ2n) is 15.6. The predicted molar refractivity (Wildman–Crippen MR) is 237 cm³/mol. The number of hydrogen-bond donors (Lipinski definition) is 0. The molecular weight excluding hydrogens is 673 g/mol. The van der Waals surface area contributed by atoms with Crippen molar-refractivity contribution >= 4 is 34.4 Å². The molecule has 0 aliphatic heterocycles. The lowest BCUT2D eigenvalue weighted by Gasteiger charge is -2.24. The lowest BCUT2D eigenvalue weighted by atomic mass is 9.78. The Bertz CT molecular complexity index is 2910. The standard InChI is InChI=1S/C56H40/c1-35-47(37-19-7-3-8-20-37)48(38-21-9-4-10-22-38)36(2)50-49(35)53(45-31-41-27-15-16-28-42(41)32-45)56-52(40-25-13-6-14-26-40)51(39-23-11-5-12-24-39)54(55(50)56)46-33-43-29-17-18-30-44(43)34-46/h3-31,33H,32,34H2,1-2H3. The average Bonchev–Trinajstić information content (AvgIpc) is 4.03. The van der Waals surface area contributed by atoms with E-state index in [4.69, 9.17) is 0 Å². The smallest absolute Gasteiger partial charge is 0.000442 e. The second-order valence-corrected chi connectivity index (χ2v) is 15.6. The summed E-state index contributed by atoms with van der Waals surface area (Å²) in [6.45, 7) is 4.79. The Morgan fingerprint density at radius 3 is 1.09 bits per heavy atom. The Labute approximate surface area is 329 Å². The highest BCUT2D eigenvalue weighted by Crippen LogP contribution is 2.64. The summed E-state index contributed by atoms with van der Waals surface area (Å²) >= 11 is 0. The lowest BCUT2D eigenvalue weighted by Crippen LogP contribution is -2.04. The fourth-order valence-corrected chi connectivity index (χ4v) is 10.1. The third kappa shape index (κ3) is 4.92. The molecule has 0 spiro atoms. The number of benzene rings is 7. The summed E-state index contributed by atoms with van der Waals surface area (Å²) < 4.78 is 0. The van der Waals surface area contributed by atoms with Crippen molar-refractivity contribution in [3.05, 3.63) is 248 Å². The summed E-state index contributed by atoms with van der Waals surface area (Å²) in [5.74, 6) is 0. The molecule has 4 aliphatic rings. The predicted octanol–water partition coefficient (Wildman–Crippen LogP) is 14.1. The van der Waals surface area contributed by atoms with E-state index < -0.39 is 0 Å². The van der Waals surface area contributed by atoms with Crippen molar-refractivity contribution < 1.29 is 0 Å². The van der Waals surface area contributed by atoms with Crippen LogP contribution in [0, 0.1) is 13.8 Å². The molecule has 0 unspecified atom stereocenters. The van der Waals surface area contributed by atoms with Crippen LogP contribution in [0.5, 0.6) is 0 Å². The summed E-state index contributed by atoms with van der Waals surface area (Å²) in [6, 6.07) is 62.5. The van der Waals surface area contributed by atoms with E-state index in [0.717, 1.165) is 12.8 Å². The minimum absolute atomic E-state index is 0.908. The third-order valence-corrected chi connectivity index (χ3v) is 12.4. The minimum Gasteiger partial charge on any atom is -0.0622 e. The molecule has 0 fully saturated rings. The van der Waals surface area contributed by atoms with E-state index in [9.17, 15) is 0 Å². The molecule has 0 N–H and O–H groups in total. The molecule has 0 saturated carbocycles. The SMILES string of the molecule is Cc1c2c(c(C)c(-c3ccccc3)c1-c1ccccc1)C1=C(C3=Cc4ccccc4C3)C(c3ccccc3)=C(c3ccccc3)C1=C2C1=Cc2ccccc2C1. The molecule has 264 valence electrons. The molecule has 0 radical (unpaired) electrons. The maximum Gasteiger partial charge on any atom is -0.000442 e. The molecule has 56 heavy (non-hydrogen) atoms. The van der Waals surface area contributed by atoms with Gasteiger partial charge in [-0.25, -0.2) is 0 Å². The van der Waals surface area contributed by atoms with Crippen molar-refractivity contribution in [2.24, 2.45) is 0 Å². The fourth-order valence-electron chi connectivity index (χ4n) is 10.1. The van der Waals surface area contributed by atoms with Crippen LogP contribution in [0.25, 0.3) is 56.7 Å². The van der Waals surface area contributed by atoms with Gasteiger partial charge in [-0.2, -0.15) is 0 Å². The largest absolute Gasteiger partial charge is 0.0622 e. The molecule has 0 atom stereocenters. The normalized spacial score (nSPS) is 15.2. The van der Waals surface area contributed by atoms with Crippen molar-refractivity contribution in [3.63, 3.8) is 0 Å². The zero-order valence-electron chi connectivity index (χ0n) is 31.7. The van der Waals surface area contributed by atoms with Gasteiger partial charge in [0, 0.05) is 0 Å². The van der Waals surface area contributed by atoms with Gasteiger partial charge in [-0.1, -0.05) is 182 Å². The summed E-state index contributed by atoms with van der Waals surface area (Å²) in [5, 5.41) is 0. The minimum atomic E-state index is 0.908. The molecule has 0 aromatic heterocycles. The van der Waals surface area contributed by atoms with Gasteiger partial charge in [0.1, 0.15) is 0 Å². The molecule has 7 aromatic rings. The molecule has 0 bridgehead atoms. The zero-order chi connectivity index (χ0) is 37.3. The van der Waals surface area contributed by atoms with E-state index in [1.165, 1.54) is 122 Å².